The van der Waals surface area contributed by atoms with Crippen molar-refractivity contribution < 1.29 is 4.79 Å². The van der Waals surface area contributed by atoms with E-state index in [2.05, 4.69) is 24.1 Å². The van der Waals surface area contributed by atoms with Crippen LogP contribution in [0.25, 0.3) is 0 Å². The maximum atomic E-state index is 11.9. The molecule has 3 N–H and O–H groups in total. The van der Waals surface area contributed by atoms with E-state index in [0.717, 1.165) is 6.54 Å². The Bertz CT molecular complexity index is 440. The van der Waals surface area contributed by atoms with E-state index in [-0.39, 0.29) is 16.0 Å². The van der Waals surface area contributed by atoms with E-state index in [1.54, 1.807) is 0 Å². The molecule has 1 rings (SSSR count). The smallest absolute Gasteiger partial charge is 0.251 e. The van der Waals surface area contributed by atoms with Crippen molar-refractivity contribution in [2.75, 3.05) is 25.9 Å². The number of carbonyl (C=O) groups excluding carboxylic acids is 1. The summed E-state index contributed by atoms with van der Waals surface area (Å²) in [4.78, 5) is 14.1. The number of nitrogens with two attached hydrogens (primary N) is 1. The van der Waals surface area contributed by atoms with E-state index < -0.39 is 0 Å². The number of amides is 1. The minimum atomic E-state index is -0.206. The van der Waals surface area contributed by atoms with Crippen LogP contribution >= 0.6 is 23.2 Å². The van der Waals surface area contributed by atoms with Crippen LogP contribution in [0.15, 0.2) is 12.1 Å². The Balaban J connectivity index is 2.59. The summed E-state index contributed by atoms with van der Waals surface area (Å²) in [6, 6.07) is 3.48. The van der Waals surface area contributed by atoms with Crippen molar-refractivity contribution in [2.24, 2.45) is 0 Å². The lowest BCUT2D eigenvalue weighted by atomic mass is 10.2. The van der Waals surface area contributed by atoms with Crippen molar-refractivity contribution in [1.82, 2.24) is 10.2 Å². The predicted octanol–water partition coefficient (Wildman–Crippen LogP) is 2.65. The molecule has 0 aliphatic heterocycles. The third-order valence-electron chi connectivity index (χ3n) is 2.95. The highest BCUT2D eigenvalue weighted by molar-refractivity contribution is 6.43. The minimum Gasteiger partial charge on any atom is -0.397 e. The predicted molar refractivity (Wildman–Crippen MR) is 81.0 cm³/mol. The van der Waals surface area contributed by atoms with Gasteiger partial charge in [-0.2, -0.15) is 0 Å². The van der Waals surface area contributed by atoms with Gasteiger partial charge in [-0.3, -0.25) is 4.79 Å². The Hall–Kier alpha value is -0.970. The summed E-state index contributed by atoms with van der Waals surface area (Å²) in [6.07, 6.45) is 0. The van der Waals surface area contributed by atoms with Crippen molar-refractivity contribution in [3.8, 4) is 0 Å². The maximum Gasteiger partial charge on any atom is 0.251 e. The first-order chi connectivity index (χ1) is 8.82. The minimum absolute atomic E-state index is 0.206. The molecule has 0 aliphatic carbocycles. The van der Waals surface area contributed by atoms with E-state index in [0.29, 0.717) is 23.8 Å². The van der Waals surface area contributed by atoms with Crippen LogP contribution in [-0.4, -0.2) is 37.0 Å². The lowest BCUT2D eigenvalue weighted by molar-refractivity contribution is 0.0948. The fourth-order valence-electron chi connectivity index (χ4n) is 1.45. The first kappa shape index (κ1) is 16.1. The van der Waals surface area contributed by atoms with Crippen LogP contribution < -0.4 is 11.1 Å². The molecule has 0 unspecified atom stereocenters. The van der Waals surface area contributed by atoms with E-state index >= 15 is 0 Å². The average Bonchev–Trinajstić information content (AvgIpc) is 2.34. The SMILES string of the molecule is CC(C)N(C)CCNC(=O)c1cc(N)c(Cl)c(Cl)c1. The van der Waals surface area contributed by atoms with Crippen LogP contribution in [-0.2, 0) is 0 Å². The van der Waals surface area contributed by atoms with Crippen LogP contribution in [0.1, 0.15) is 24.2 Å². The van der Waals surface area contributed by atoms with Gasteiger partial charge in [0, 0.05) is 24.7 Å². The van der Waals surface area contributed by atoms with Crippen LogP contribution in [0.3, 0.4) is 0 Å². The Morgan fingerprint density at radius 2 is 2.05 bits per heavy atom. The lowest BCUT2D eigenvalue weighted by Crippen LogP contribution is -2.36. The van der Waals surface area contributed by atoms with Gasteiger partial charge >= 0.3 is 0 Å². The number of hydrogen-bond acceptors (Lipinski definition) is 3. The molecule has 0 saturated carbocycles. The van der Waals surface area contributed by atoms with Crippen molar-refractivity contribution >= 4 is 34.8 Å². The number of rotatable bonds is 5. The van der Waals surface area contributed by atoms with Crippen molar-refractivity contribution in [2.45, 2.75) is 19.9 Å². The number of hydrogen-bond donors (Lipinski definition) is 2. The third kappa shape index (κ3) is 4.56. The molecule has 0 spiro atoms. The third-order valence-corrected chi connectivity index (χ3v) is 3.77. The molecule has 0 heterocycles. The van der Waals surface area contributed by atoms with Gasteiger partial charge in [0.05, 0.1) is 15.7 Å². The van der Waals surface area contributed by atoms with Gasteiger partial charge in [0.2, 0.25) is 0 Å². The molecule has 0 aromatic heterocycles. The summed E-state index contributed by atoms with van der Waals surface area (Å²) in [5.41, 5.74) is 6.39. The highest BCUT2D eigenvalue weighted by Gasteiger charge is 2.11. The average molecular weight is 304 g/mol. The van der Waals surface area contributed by atoms with Crippen LogP contribution in [0.5, 0.6) is 0 Å². The molecule has 106 valence electrons. The Morgan fingerprint density at radius 1 is 1.42 bits per heavy atom. The Kier molecular flexibility index (Phi) is 5.91. The molecule has 1 amide bonds. The first-order valence-corrected chi connectivity index (χ1v) is 6.81. The summed E-state index contributed by atoms with van der Waals surface area (Å²) in [5.74, 6) is -0.206. The quantitative estimate of drug-likeness (QED) is 0.822. The van der Waals surface area contributed by atoms with E-state index in [9.17, 15) is 4.79 Å². The van der Waals surface area contributed by atoms with E-state index in [1.807, 2.05) is 7.05 Å². The van der Waals surface area contributed by atoms with Gasteiger partial charge in [-0.25, -0.2) is 0 Å². The molecule has 4 nitrogen and oxygen atoms in total. The summed E-state index contributed by atoms with van der Waals surface area (Å²) in [5, 5.41) is 3.38. The number of carbonyl (C=O) groups is 1. The number of nitrogen functional groups attached to an aromatic ring is 1. The molecule has 6 heteroatoms. The normalized spacial score (nSPS) is 11.1. The zero-order valence-corrected chi connectivity index (χ0v) is 12.8. The molecule has 0 saturated heterocycles. The largest absolute Gasteiger partial charge is 0.397 e. The molecule has 1 aromatic carbocycles. The molecule has 0 fully saturated rings. The van der Waals surface area contributed by atoms with Gasteiger partial charge < -0.3 is 16.0 Å². The molecule has 0 bridgehead atoms. The molecular formula is C13H19Cl2N3O. The second kappa shape index (κ2) is 6.98. The molecular weight excluding hydrogens is 285 g/mol. The molecule has 19 heavy (non-hydrogen) atoms. The monoisotopic (exact) mass is 303 g/mol. The van der Waals surface area contributed by atoms with Crippen LogP contribution in [0.4, 0.5) is 5.69 Å². The van der Waals surface area contributed by atoms with Crippen LogP contribution in [0, 0.1) is 0 Å². The van der Waals surface area contributed by atoms with E-state index in [4.69, 9.17) is 28.9 Å². The fourth-order valence-corrected chi connectivity index (χ4v) is 1.78. The van der Waals surface area contributed by atoms with Crippen molar-refractivity contribution in [1.29, 1.82) is 0 Å². The molecule has 0 aliphatic rings. The number of halogens is 2. The van der Waals surface area contributed by atoms with Crippen LogP contribution in [0.2, 0.25) is 10.0 Å². The van der Waals surface area contributed by atoms with Gasteiger partial charge in [-0.1, -0.05) is 23.2 Å². The number of nitrogens with one attached hydrogen (secondary N) is 1. The van der Waals surface area contributed by atoms with Gasteiger partial charge in [0.15, 0.2) is 0 Å². The van der Waals surface area contributed by atoms with Gasteiger partial charge in [0.25, 0.3) is 5.91 Å². The van der Waals surface area contributed by atoms with Gasteiger partial charge in [0.1, 0.15) is 0 Å². The zero-order valence-electron chi connectivity index (χ0n) is 11.3. The number of benzene rings is 1. The first-order valence-electron chi connectivity index (χ1n) is 6.06. The topological polar surface area (TPSA) is 58.4 Å². The highest BCUT2D eigenvalue weighted by atomic mass is 35.5. The van der Waals surface area contributed by atoms with E-state index in [1.165, 1.54) is 12.1 Å². The summed E-state index contributed by atoms with van der Waals surface area (Å²) >= 11 is 11.7. The van der Waals surface area contributed by atoms with Gasteiger partial charge in [-0.05, 0) is 33.0 Å². The summed E-state index contributed by atoms with van der Waals surface area (Å²) in [7, 11) is 2.01. The fraction of sp³-hybridized carbons (Fsp3) is 0.462. The maximum absolute atomic E-state index is 11.9. The Labute approximate surface area is 123 Å². The van der Waals surface area contributed by atoms with Gasteiger partial charge in [-0.15, -0.1) is 0 Å². The molecule has 0 atom stereocenters. The highest BCUT2D eigenvalue weighted by Crippen LogP contribution is 2.29. The van der Waals surface area contributed by atoms with Crippen molar-refractivity contribution in [3.63, 3.8) is 0 Å². The number of nitrogens with zero attached hydrogens (tertiary/aromatic N) is 1. The zero-order chi connectivity index (χ0) is 14.6. The number of likely N-dealkylation sites (N-methyl/N-ethyl adjacent to an activating group) is 1. The van der Waals surface area contributed by atoms with Crippen molar-refractivity contribution in [3.05, 3.63) is 27.7 Å². The molecule has 0 radical (unpaired) electrons. The summed E-state index contributed by atoms with van der Waals surface area (Å²) in [6.45, 7) is 5.54. The standard InChI is InChI=1S/C13H19Cl2N3O/c1-8(2)18(3)5-4-17-13(19)9-6-10(14)12(15)11(16)7-9/h6-8H,4-5,16H2,1-3H3,(H,17,19). The second-order valence-corrected chi connectivity index (χ2v) is 5.48. The lowest BCUT2D eigenvalue weighted by Gasteiger charge is -2.20. The Morgan fingerprint density at radius 3 is 2.58 bits per heavy atom. The summed E-state index contributed by atoms with van der Waals surface area (Å²) < 4.78 is 0. The number of anilines is 1. The molecule has 1 aromatic rings. The second-order valence-electron chi connectivity index (χ2n) is 4.69.